The van der Waals surface area contributed by atoms with Gasteiger partial charge < -0.3 is 4.74 Å². The van der Waals surface area contributed by atoms with Gasteiger partial charge in [-0.25, -0.2) is 8.42 Å². The van der Waals surface area contributed by atoms with Crippen molar-refractivity contribution in [1.29, 1.82) is 0 Å². The highest BCUT2D eigenvalue weighted by molar-refractivity contribution is 9.10. The second kappa shape index (κ2) is 5.71. The monoisotopic (exact) mass is 380 g/mol. The van der Waals surface area contributed by atoms with E-state index in [1.54, 1.807) is 6.07 Å². The molecule has 0 bridgehead atoms. The van der Waals surface area contributed by atoms with Crippen molar-refractivity contribution in [3.8, 4) is 11.5 Å². The first kappa shape index (κ1) is 14.7. The van der Waals surface area contributed by atoms with E-state index in [2.05, 4.69) is 15.9 Å². The summed E-state index contributed by atoms with van der Waals surface area (Å²) in [7, 11) is 1.43. The van der Waals surface area contributed by atoms with E-state index in [0.29, 0.717) is 11.5 Å². The highest BCUT2D eigenvalue weighted by Crippen LogP contribution is 2.35. The minimum Gasteiger partial charge on any atom is -0.455 e. The molecule has 2 aromatic carbocycles. The molecular weight excluding hydrogens is 375 g/mol. The van der Waals surface area contributed by atoms with Crippen LogP contribution in [0.25, 0.3) is 0 Å². The minimum atomic E-state index is -3.80. The molecule has 2 rings (SSSR count). The molecule has 0 unspecified atom stereocenters. The molecule has 2 aromatic rings. The van der Waals surface area contributed by atoms with Gasteiger partial charge in [0, 0.05) is 10.7 Å². The first-order chi connectivity index (χ1) is 8.88. The van der Waals surface area contributed by atoms with Crippen molar-refractivity contribution in [3.63, 3.8) is 0 Å². The Labute approximate surface area is 128 Å². The molecule has 7 heteroatoms. The molecule has 19 heavy (non-hydrogen) atoms. The van der Waals surface area contributed by atoms with Gasteiger partial charge in [-0.1, -0.05) is 23.7 Å². The Morgan fingerprint density at radius 3 is 2.32 bits per heavy atom. The first-order valence-corrected chi connectivity index (χ1v) is 8.52. The summed E-state index contributed by atoms with van der Waals surface area (Å²) in [5.74, 6) is 0.920. The molecular formula is C12H7BrCl2O3S. The van der Waals surface area contributed by atoms with Crippen LogP contribution in [0.4, 0.5) is 0 Å². The Morgan fingerprint density at radius 1 is 1.05 bits per heavy atom. The van der Waals surface area contributed by atoms with Crippen LogP contribution in [0.1, 0.15) is 0 Å². The van der Waals surface area contributed by atoms with Crippen molar-refractivity contribution < 1.29 is 13.2 Å². The van der Waals surface area contributed by atoms with E-state index >= 15 is 0 Å². The van der Waals surface area contributed by atoms with Crippen molar-refractivity contribution in [2.45, 2.75) is 4.90 Å². The molecule has 0 radical (unpaired) electrons. The molecule has 0 aromatic heterocycles. The number of halogens is 3. The number of benzene rings is 2. The normalized spacial score (nSPS) is 11.3. The van der Waals surface area contributed by atoms with Crippen molar-refractivity contribution in [1.82, 2.24) is 0 Å². The highest BCUT2D eigenvalue weighted by atomic mass is 79.9. The molecule has 0 spiro atoms. The summed E-state index contributed by atoms with van der Waals surface area (Å²) in [5, 5.41) is 0.164. The second-order valence-electron chi connectivity index (χ2n) is 3.56. The lowest BCUT2D eigenvalue weighted by atomic mass is 10.3. The largest absolute Gasteiger partial charge is 0.455 e. The predicted octanol–water partition coefficient (Wildman–Crippen LogP) is 4.82. The maximum atomic E-state index is 11.2. The fraction of sp³-hybridized carbons (Fsp3) is 0. The molecule has 0 heterocycles. The van der Waals surface area contributed by atoms with E-state index in [9.17, 15) is 8.42 Å². The molecule has 0 fully saturated rings. The Morgan fingerprint density at radius 2 is 1.74 bits per heavy atom. The zero-order valence-corrected chi connectivity index (χ0v) is 13.2. The molecule has 0 atom stereocenters. The Kier molecular flexibility index (Phi) is 4.40. The average molecular weight is 382 g/mol. The summed E-state index contributed by atoms with van der Waals surface area (Å²) in [5.41, 5.74) is 0. The summed E-state index contributed by atoms with van der Waals surface area (Å²) >= 11 is 9.31. The number of hydrogen-bond acceptors (Lipinski definition) is 3. The van der Waals surface area contributed by atoms with Crippen LogP contribution in [-0.4, -0.2) is 8.42 Å². The Balaban J connectivity index is 2.36. The van der Waals surface area contributed by atoms with Gasteiger partial charge in [0.25, 0.3) is 9.05 Å². The maximum absolute atomic E-state index is 11.2. The summed E-state index contributed by atoms with van der Waals surface area (Å²) < 4.78 is 28.7. The van der Waals surface area contributed by atoms with Gasteiger partial charge in [-0.3, -0.25) is 0 Å². The molecule has 0 aliphatic rings. The van der Waals surface area contributed by atoms with Crippen LogP contribution < -0.4 is 4.74 Å². The molecule has 0 aliphatic heterocycles. The first-order valence-electron chi connectivity index (χ1n) is 5.04. The van der Waals surface area contributed by atoms with Gasteiger partial charge in [0.2, 0.25) is 0 Å². The van der Waals surface area contributed by atoms with Gasteiger partial charge in [0.1, 0.15) is 11.5 Å². The Bertz CT molecular complexity index is 717. The third kappa shape index (κ3) is 3.63. The lowest BCUT2D eigenvalue weighted by molar-refractivity contribution is 0.479. The van der Waals surface area contributed by atoms with E-state index in [4.69, 9.17) is 27.0 Å². The third-order valence-corrected chi connectivity index (χ3v) is 4.54. The number of hydrogen-bond donors (Lipinski definition) is 0. The van der Waals surface area contributed by atoms with Crippen LogP contribution in [0.15, 0.2) is 51.8 Å². The van der Waals surface area contributed by atoms with Crippen LogP contribution in [0.5, 0.6) is 11.5 Å². The van der Waals surface area contributed by atoms with Crippen molar-refractivity contribution in [2.75, 3.05) is 0 Å². The predicted molar refractivity (Wildman–Crippen MR) is 78.7 cm³/mol. The quantitative estimate of drug-likeness (QED) is 0.715. The number of ether oxygens (including phenoxy) is 1. The fourth-order valence-electron chi connectivity index (χ4n) is 1.36. The van der Waals surface area contributed by atoms with Crippen LogP contribution in [0, 0.1) is 0 Å². The molecule has 0 saturated heterocycles. The van der Waals surface area contributed by atoms with Gasteiger partial charge in [-0.2, -0.15) is 0 Å². The fourth-order valence-corrected chi connectivity index (χ4v) is 2.79. The second-order valence-corrected chi connectivity index (χ2v) is 7.39. The van der Waals surface area contributed by atoms with E-state index in [1.807, 2.05) is 18.2 Å². The standard InChI is InChI=1S/C12H7BrCl2O3S/c13-9-3-1-2-4-11(9)18-12-6-5-8(7-10(12)14)19(15,16)17/h1-7H. The van der Waals surface area contributed by atoms with E-state index in [1.165, 1.54) is 18.2 Å². The molecule has 3 nitrogen and oxygen atoms in total. The lowest BCUT2D eigenvalue weighted by Crippen LogP contribution is -1.92. The van der Waals surface area contributed by atoms with Crippen LogP contribution in [-0.2, 0) is 9.05 Å². The zero-order valence-electron chi connectivity index (χ0n) is 9.31. The summed E-state index contributed by atoms with van der Waals surface area (Å²) in [4.78, 5) is -0.0707. The molecule has 0 amide bonds. The third-order valence-electron chi connectivity index (χ3n) is 2.24. The van der Waals surface area contributed by atoms with Gasteiger partial charge in [0.05, 0.1) is 14.4 Å². The average Bonchev–Trinajstić information content (AvgIpc) is 2.33. The van der Waals surface area contributed by atoms with E-state index < -0.39 is 9.05 Å². The van der Waals surface area contributed by atoms with Gasteiger partial charge >= 0.3 is 0 Å². The van der Waals surface area contributed by atoms with Crippen LogP contribution >= 0.6 is 38.2 Å². The minimum absolute atomic E-state index is 0.0707. The van der Waals surface area contributed by atoms with Crippen LogP contribution in [0.3, 0.4) is 0 Å². The number of rotatable bonds is 3. The number of para-hydroxylation sites is 1. The zero-order chi connectivity index (χ0) is 14.0. The highest BCUT2D eigenvalue weighted by Gasteiger charge is 2.13. The summed E-state index contributed by atoms with van der Waals surface area (Å²) in [6, 6.07) is 11.3. The van der Waals surface area contributed by atoms with E-state index in [0.717, 1.165) is 4.47 Å². The molecule has 0 N–H and O–H groups in total. The van der Waals surface area contributed by atoms with Gasteiger partial charge in [-0.15, -0.1) is 0 Å². The molecule has 0 aliphatic carbocycles. The van der Waals surface area contributed by atoms with Crippen molar-refractivity contribution in [2.24, 2.45) is 0 Å². The maximum Gasteiger partial charge on any atom is 0.261 e. The summed E-state index contributed by atoms with van der Waals surface area (Å²) in [6.07, 6.45) is 0. The molecule has 0 saturated carbocycles. The van der Waals surface area contributed by atoms with Crippen molar-refractivity contribution in [3.05, 3.63) is 52.0 Å². The SMILES string of the molecule is O=S(=O)(Cl)c1ccc(Oc2ccccc2Br)c(Cl)c1. The van der Waals surface area contributed by atoms with Crippen molar-refractivity contribution >= 4 is 47.3 Å². The topological polar surface area (TPSA) is 43.4 Å². The summed E-state index contributed by atoms with van der Waals surface area (Å²) in [6.45, 7) is 0. The lowest BCUT2D eigenvalue weighted by Gasteiger charge is -2.09. The molecule has 100 valence electrons. The Hall–Kier alpha value is -0.750. The van der Waals surface area contributed by atoms with Crippen LogP contribution in [0.2, 0.25) is 5.02 Å². The van der Waals surface area contributed by atoms with Gasteiger partial charge in [0.15, 0.2) is 0 Å². The van der Waals surface area contributed by atoms with E-state index in [-0.39, 0.29) is 9.92 Å². The smallest absolute Gasteiger partial charge is 0.261 e. The van der Waals surface area contributed by atoms with Gasteiger partial charge in [-0.05, 0) is 46.3 Å².